The van der Waals surface area contributed by atoms with Crippen molar-refractivity contribution in [2.45, 2.75) is 19.5 Å². The number of hydrogen-bond acceptors (Lipinski definition) is 6. The Morgan fingerprint density at radius 3 is 2.70 bits per heavy atom. The van der Waals surface area contributed by atoms with Crippen LogP contribution in [0.3, 0.4) is 0 Å². The van der Waals surface area contributed by atoms with Crippen LogP contribution in [-0.4, -0.2) is 33.0 Å². The molecule has 0 aliphatic carbocycles. The molecule has 2 N–H and O–H groups in total. The van der Waals surface area contributed by atoms with E-state index in [9.17, 15) is 27.6 Å². The fourth-order valence-electron chi connectivity index (χ4n) is 2.14. The Morgan fingerprint density at radius 1 is 1.48 bits per heavy atom. The lowest BCUT2D eigenvalue weighted by molar-refractivity contribution is -0.141. The second-order valence-corrected chi connectivity index (χ2v) is 6.22. The summed E-state index contributed by atoms with van der Waals surface area (Å²) < 4.78 is 38.7. The highest BCUT2D eigenvalue weighted by atomic mass is 32.2. The van der Waals surface area contributed by atoms with Crippen LogP contribution in [0.15, 0.2) is 10.9 Å². The molecule has 2 heterocycles. The van der Waals surface area contributed by atoms with Gasteiger partial charge in [0.15, 0.2) is 10.8 Å². The van der Waals surface area contributed by atoms with Gasteiger partial charge in [0.25, 0.3) is 5.56 Å². The molecular formula is C12H13F3N4O3S. The van der Waals surface area contributed by atoms with Crippen molar-refractivity contribution in [3.63, 3.8) is 0 Å². The van der Waals surface area contributed by atoms with Crippen molar-refractivity contribution in [2.75, 3.05) is 23.0 Å². The van der Waals surface area contributed by atoms with E-state index in [0.717, 1.165) is 16.7 Å². The second-order valence-electron chi connectivity index (χ2n) is 5.02. The van der Waals surface area contributed by atoms with Crippen LogP contribution in [0.2, 0.25) is 0 Å². The van der Waals surface area contributed by atoms with E-state index in [1.807, 2.05) is 0 Å². The first-order valence-electron chi connectivity index (χ1n) is 6.49. The van der Waals surface area contributed by atoms with E-state index >= 15 is 0 Å². The Labute approximate surface area is 132 Å². The maximum Gasteiger partial charge on any atom is 0.433 e. The molecule has 1 aromatic heterocycles. The predicted molar refractivity (Wildman–Crippen MR) is 77.2 cm³/mol. The van der Waals surface area contributed by atoms with Crippen LogP contribution in [-0.2, 0) is 15.8 Å². The summed E-state index contributed by atoms with van der Waals surface area (Å²) in [4.78, 5) is 38.8. The smallest absolute Gasteiger partial charge is 0.333 e. The van der Waals surface area contributed by atoms with Crippen molar-refractivity contribution in [1.29, 1.82) is 0 Å². The van der Waals surface area contributed by atoms with Crippen molar-refractivity contribution < 1.29 is 22.8 Å². The van der Waals surface area contributed by atoms with Gasteiger partial charge in [0.1, 0.15) is 0 Å². The minimum absolute atomic E-state index is 0.0457. The molecule has 0 saturated carbocycles. The molecule has 1 unspecified atom stereocenters. The minimum Gasteiger partial charge on any atom is -0.333 e. The van der Waals surface area contributed by atoms with Crippen LogP contribution >= 0.6 is 11.8 Å². The number of nitrogens with zero attached hydrogens (tertiary/aromatic N) is 3. The molecule has 2 rings (SSSR count). The average molecular weight is 350 g/mol. The van der Waals surface area contributed by atoms with E-state index in [-0.39, 0.29) is 30.1 Å². The number of halogens is 3. The number of alkyl halides is 3. The van der Waals surface area contributed by atoms with Gasteiger partial charge >= 0.3 is 6.18 Å². The van der Waals surface area contributed by atoms with Crippen molar-refractivity contribution in [3.05, 3.63) is 22.1 Å². The monoisotopic (exact) mass is 350 g/mol. The van der Waals surface area contributed by atoms with Crippen LogP contribution in [0.1, 0.15) is 19.0 Å². The van der Waals surface area contributed by atoms with Crippen molar-refractivity contribution in [1.82, 2.24) is 9.66 Å². The topological polar surface area (TPSA) is 98.3 Å². The summed E-state index contributed by atoms with van der Waals surface area (Å²) in [6.07, 6.45) is -4.78. The minimum atomic E-state index is -4.82. The maximum atomic E-state index is 12.8. The number of thioether (sulfide) groups is 1. The molecule has 1 aliphatic rings. The Balaban J connectivity index is 2.31. The summed E-state index contributed by atoms with van der Waals surface area (Å²) in [6, 6.07) is 0.271. The predicted octanol–water partition coefficient (Wildman–Crippen LogP) is 0.608. The highest BCUT2D eigenvalue weighted by Gasteiger charge is 2.37. The van der Waals surface area contributed by atoms with Gasteiger partial charge in [-0.15, -0.1) is 0 Å². The summed E-state index contributed by atoms with van der Waals surface area (Å²) in [6.45, 7) is 1.43. The molecule has 1 amide bonds. The molecule has 0 aromatic carbocycles. The second kappa shape index (κ2) is 6.22. The third kappa shape index (κ3) is 3.84. The standard InChI is InChI=1S/C12H13F3N4O3S/c1-6(20)23-5-7-2-9(21)18(4-7)11-17-8(12(13,14)15)3-10(22)19(11)16/h3,7H,2,4-5,16H2,1H3. The maximum absolute atomic E-state index is 12.8. The van der Waals surface area contributed by atoms with Crippen LogP contribution in [0.25, 0.3) is 0 Å². The van der Waals surface area contributed by atoms with Crippen LogP contribution in [0, 0.1) is 5.92 Å². The summed E-state index contributed by atoms with van der Waals surface area (Å²) >= 11 is 1.02. The Hall–Kier alpha value is -2.04. The number of amides is 1. The summed E-state index contributed by atoms with van der Waals surface area (Å²) in [5, 5.41) is -0.121. The third-order valence-corrected chi connectivity index (χ3v) is 4.24. The Morgan fingerprint density at radius 2 is 2.13 bits per heavy atom. The molecular weight excluding hydrogens is 337 g/mol. The molecule has 23 heavy (non-hydrogen) atoms. The van der Waals surface area contributed by atoms with E-state index in [0.29, 0.717) is 10.4 Å². The number of rotatable bonds is 3. The number of nitrogen functional groups attached to an aromatic ring is 1. The molecule has 0 bridgehead atoms. The van der Waals surface area contributed by atoms with Gasteiger partial charge in [0, 0.05) is 31.7 Å². The zero-order valence-corrected chi connectivity index (χ0v) is 12.8. The van der Waals surface area contributed by atoms with E-state index in [2.05, 4.69) is 4.98 Å². The molecule has 0 spiro atoms. The molecule has 1 aromatic rings. The average Bonchev–Trinajstić information content (AvgIpc) is 2.79. The van der Waals surface area contributed by atoms with Gasteiger partial charge in [0.2, 0.25) is 11.9 Å². The van der Waals surface area contributed by atoms with Gasteiger partial charge in [-0.2, -0.15) is 17.8 Å². The summed E-state index contributed by atoms with van der Waals surface area (Å²) in [5.41, 5.74) is -2.52. The highest BCUT2D eigenvalue weighted by Crippen LogP contribution is 2.30. The molecule has 1 aliphatic heterocycles. The molecule has 11 heteroatoms. The fraction of sp³-hybridized carbons (Fsp3) is 0.500. The van der Waals surface area contributed by atoms with E-state index < -0.39 is 29.3 Å². The van der Waals surface area contributed by atoms with E-state index in [4.69, 9.17) is 5.84 Å². The van der Waals surface area contributed by atoms with Crippen LogP contribution in [0.5, 0.6) is 0 Å². The fourth-order valence-corrected chi connectivity index (χ4v) is 2.83. The third-order valence-electron chi connectivity index (χ3n) is 3.19. The summed E-state index contributed by atoms with van der Waals surface area (Å²) in [7, 11) is 0. The van der Waals surface area contributed by atoms with Crippen molar-refractivity contribution in [2.24, 2.45) is 5.92 Å². The first-order valence-corrected chi connectivity index (χ1v) is 7.48. The van der Waals surface area contributed by atoms with Crippen molar-refractivity contribution >= 4 is 28.7 Å². The lowest BCUT2D eigenvalue weighted by Crippen LogP contribution is -2.38. The number of anilines is 1. The van der Waals surface area contributed by atoms with Gasteiger partial charge < -0.3 is 5.84 Å². The molecule has 7 nitrogen and oxygen atoms in total. The van der Waals surface area contributed by atoms with Gasteiger partial charge in [-0.3, -0.25) is 19.3 Å². The molecule has 126 valence electrons. The molecule has 1 fully saturated rings. The summed E-state index contributed by atoms with van der Waals surface area (Å²) in [5.74, 6) is 4.50. The number of nitrogens with two attached hydrogens (primary N) is 1. The van der Waals surface area contributed by atoms with Crippen LogP contribution in [0.4, 0.5) is 19.1 Å². The molecule has 1 saturated heterocycles. The molecule has 1 atom stereocenters. The zero-order valence-electron chi connectivity index (χ0n) is 12.0. The molecule has 0 radical (unpaired) electrons. The van der Waals surface area contributed by atoms with Gasteiger partial charge in [0.05, 0.1) is 0 Å². The number of aromatic nitrogens is 2. The highest BCUT2D eigenvalue weighted by molar-refractivity contribution is 8.13. The van der Waals surface area contributed by atoms with Crippen LogP contribution < -0.4 is 16.3 Å². The first-order chi connectivity index (χ1) is 10.6. The van der Waals surface area contributed by atoms with Gasteiger partial charge in [-0.1, -0.05) is 11.8 Å². The number of hydrogen-bond donors (Lipinski definition) is 1. The van der Waals surface area contributed by atoms with Gasteiger partial charge in [-0.05, 0) is 5.92 Å². The number of carbonyl (C=O) groups is 2. The SMILES string of the molecule is CC(=O)SCC1CC(=O)N(c2nc(C(F)(F)F)cc(=O)n2N)C1. The van der Waals surface area contributed by atoms with Gasteiger partial charge in [-0.25, -0.2) is 4.98 Å². The normalized spacial score (nSPS) is 18.5. The largest absolute Gasteiger partial charge is 0.433 e. The Kier molecular flexibility index (Phi) is 4.68. The van der Waals surface area contributed by atoms with E-state index in [1.54, 1.807) is 0 Å². The van der Waals surface area contributed by atoms with E-state index in [1.165, 1.54) is 6.92 Å². The quantitative estimate of drug-likeness (QED) is 0.802. The number of carbonyl (C=O) groups excluding carboxylic acids is 2. The van der Waals surface area contributed by atoms with Crippen molar-refractivity contribution in [3.8, 4) is 0 Å². The Bertz CT molecular complexity index is 704. The first kappa shape index (κ1) is 17.3. The lowest BCUT2D eigenvalue weighted by Gasteiger charge is -2.19. The lowest BCUT2D eigenvalue weighted by atomic mass is 10.1. The zero-order chi connectivity index (χ0) is 17.4.